The third-order valence-corrected chi connectivity index (χ3v) is 16.3. The summed E-state index contributed by atoms with van der Waals surface area (Å²) < 4.78 is 78.9. The summed E-state index contributed by atoms with van der Waals surface area (Å²) in [5.74, 6) is -10.7. The number of hydrogen-bond acceptors (Lipinski definition) is 1. The standard InChI is InChI=1S/C38H68F5OP/c1-5-9-13-14-15-16-17-18-19-20-21-22-23-24-25-26-27-28-32-45(29-10-6-2,30-11-7-3,31-12-8-4)44-38-36(42)34(40)33(39)35(41)37(38)43/h5-32H2,1-4H3. The summed E-state index contributed by atoms with van der Waals surface area (Å²) in [5, 5.41) is 0. The second kappa shape index (κ2) is 24.3. The molecule has 0 amide bonds. The van der Waals surface area contributed by atoms with Crippen molar-refractivity contribution in [3.05, 3.63) is 29.1 Å². The number of benzene rings is 1. The zero-order valence-corrected chi connectivity index (χ0v) is 30.4. The molecule has 0 saturated carbocycles. The van der Waals surface area contributed by atoms with Crippen LogP contribution in [0.5, 0.6) is 5.75 Å². The molecular formula is C38H68F5OP. The van der Waals surface area contributed by atoms with Gasteiger partial charge in [0.2, 0.25) is 0 Å². The van der Waals surface area contributed by atoms with E-state index in [4.69, 9.17) is 4.52 Å². The van der Waals surface area contributed by atoms with Crippen molar-refractivity contribution in [2.75, 3.05) is 24.6 Å². The van der Waals surface area contributed by atoms with E-state index in [9.17, 15) is 13.2 Å². The molecule has 45 heavy (non-hydrogen) atoms. The summed E-state index contributed by atoms with van der Waals surface area (Å²) in [5.41, 5.74) is 0. The van der Waals surface area contributed by atoms with E-state index in [0.29, 0.717) is 24.6 Å². The fourth-order valence-electron chi connectivity index (χ4n) is 6.86. The molecule has 1 aromatic carbocycles. The molecule has 0 heterocycles. The van der Waals surface area contributed by atoms with Crippen LogP contribution >= 0.6 is 6.83 Å². The van der Waals surface area contributed by atoms with Crippen LogP contribution in [0.4, 0.5) is 22.0 Å². The molecule has 0 aromatic heterocycles. The molecule has 0 aliphatic carbocycles. The molecule has 0 atom stereocenters. The summed E-state index contributed by atoms with van der Waals surface area (Å²) in [6.07, 6.45) is 30.8. The van der Waals surface area contributed by atoms with Gasteiger partial charge in [-0.25, -0.2) is 0 Å². The Morgan fingerprint density at radius 3 is 0.889 bits per heavy atom. The van der Waals surface area contributed by atoms with E-state index in [1.807, 2.05) is 0 Å². The summed E-state index contributed by atoms with van der Waals surface area (Å²) in [7, 11) is 0. The summed E-state index contributed by atoms with van der Waals surface area (Å²) >= 11 is 0. The van der Waals surface area contributed by atoms with Gasteiger partial charge in [-0.1, -0.05) is 51.9 Å². The Kier molecular flexibility index (Phi) is 22.7. The van der Waals surface area contributed by atoms with E-state index in [1.165, 1.54) is 96.3 Å². The second-order valence-corrected chi connectivity index (χ2v) is 19.5. The maximum absolute atomic E-state index is 15.0. The zero-order valence-electron chi connectivity index (χ0n) is 29.5. The van der Waals surface area contributed by atoms with Gasteiger partial charge in [0.1, 0.15) is 0 Å². The number of halogens is 5. The third-order valence-electron chi connectivity index (χ3n) is 9.83. The van der Waals surface area contributed by atoms with Crippen LogP contribution in [0.15, 0.2) is 0 Å². The van der Waals surface area contributed by atoms with E-state index in [2.05, 4.69) is 27.7 Å². The van der Waals surface area contributed by atoms with Crippen molar-refractivity contribution in [3.8, 4) is 5.75 Å². The van der Waals surface area contributed by atoms with Gasteiger partial charge in [-0.2, -0.15) is 0 Å². The zero-order chi connectivity index (χ0) is 33.4. The molecule has 0 bridgehead atoms. The molecule has 0 aliphatic rings. The average Bonchev–Trinajstić information content (AvgIpc) is 3.05. The molecule has 0 saturated heterocycles. The van der Waals surface area contributed by atoms with Gasteiger partial charge in [0.05, 0.1) is 0 Å². The second-order valence-electron chi connectivity index (χ2n) is 13.8. The van der Waals surface area contributed by atoms with Gasteiger partial charge in [-0.15, -0.1) is 0 Å². The fourth-order valence-corrected chi connectivity index (χ4v) is 13.6. The Bertz CT molecular complexity index is 855. The molecule has 0 spiro atoms. The van der Waals surface area contributed by atoms with Crippen LogP contribution in [0.25, 0.3) is 0 Å². The van der Waals surface area contributed by atoms with Crippen LogP contribution < -0.4 is 4.52 Å². The fraction of sp³-hybridized carbons (Fsp3) is 0.842. The van der Waals surface area contributed by atoms with Gasteiger partial charge >= 0.3 is 223 Å². The van der Waals surface area contributed by atoms with Crippen molar-refractivity contribution < 1.29 is 26.5 Å². The van der Waals surface area contributed by atoms with Gasteiger partial charge in [-0.3, -0.25) is 0 Å². The predicted molar refractivity (Wildman–Crippen MR) is 187 cm³/mol. The third kappa shape index (κ3) is 15.2. The van der Waals surface area contributed by atoms with Crippen molar-refractivity contribution in [2.24, 2.45) is 0 Å². The minimum atomic E-state index is -3.33. The van der Waals surface area contributed by atoms with Gasteiger partial charge in [0, 0.05) is 0 Å². The molecular weight excluding hydrogens is 598 g/mol. The molecule has 0 aliphatic heterocycles. The molecule has 0 unspecified atom stereocenters. The van der Waals surface area contributed by atoms with Crippen LogP contribution in [0.3, 0.4) is 0 Å². The van der Waals surface area contributed by atoms with E-state index in [1.54, 1.807) is 0 Å². The molecule has 7 heteroatoms. The van der Waals surface area contributed by atoms with Crippen molar-refractivity contribution in [1.82, 2.24) is 0 Å². The Labute approximate surface area is 274 Å². The topological polar surface area (TPSA) is 9.23 Å². The van der Waals surface area contributed by atoms with Crippen molar-refractivity contribution >= 4 is 6.83 Å². The van der Waals surface area contributed by atoms with Crippen molar-refractivity contribution in [2.45, 2.75) is 182 Å². The van der Waals surface area contributed by atoms with Gasteiger partial charge in [-0.05, 0) is 0 Å². The monoisotopic (exact) mass is 666 g/mol. The Hall–Kier alpha value is -0.900. The molecule has 1 aromatic rings. The molecule has 1 nitrogen and oxygen atoms in total. The van der Waals surface area contributed by atoms with E-state index in [0.717, 1.165) is 57.8 Å². The minimum absolute atomic E-state index is 0.667. The SMILES string of the molecule is CCCCCCCCCCCCCCCCCCCCP(CCCC)(CCCC)(CCCC)Oc1c(F)c(F)c(F)c(F)c1F. The molecule has 0 N–H and O–H groups in total. The van der Waals surface area contributed by atoms with Crippen LogP contribution in [-0.4, -0.2) is 24.6 Å². The first-order valence-corrected chi connectivity index (χ1v) is 21.8. The Morgan fingerprint density at radius 1 is 0.333 bits per heavy atom. The van der Waals surface area contributed by atoms with Crippen molar-refractivity contribution in [1.29, 1.82) is 0 Å². The predicted octanol–water partition coefficient (Wildman–Crippen LogP) is 14.7. The molecule has 1 rings (SSSR count). The van der Waals surface area contributed by atoms with E-state index >= 15 is 8.78 Å². The first-order valence-electron chi connectivity index (χ1n) is 18.9. The maximum atomic E-state index is 15.0. The molecule has 0 fully saturated rings. The van der Waals surface area contributed by atoms with Gasteiger partial charge < -0.3 is 0 Å². The van der Waals surface area contributed by atoms with E-state index in [-0.39, 0.29) is 0 Å². The molecule has 0 radical (unpaired) electrons. The summed E-state index contributed by atoms with van der Waals surface area (Å²) in [4.78, 5) is 0. The Morgan fingerprint density at radius 2 is 0.578 bits per heavy atom. The quantitative estimate of drug-likeness (QED) is 0.0261. The first-order chi connectivity index (χ1) is 21.7. The Balaban J connectivity index is 2.68. The van der Waals surface area contributed by atoms with Crippen LogP contribution in [-0.2, 0) is 0 Å². The summed E-state index contributed by atoms with van der Waals surface area (Å²) in [6.45, 7) is 5.14. The summed E-state index contributed by atoms with van der Waals surface area (Å²) in [6, 6.07) is 0. The first kappa shape index (κ1) is 42.1. The number of unbranched alkanes of at least 4 members (excludes halogenated alkanes) is 20. The number of rotatable bonds is 30. The van der Waals surface area contributed by atoms with E-state index < -0.39 is 41.7 Å². The average molecular weight is 667 g/mol. The van der Waals surface area contributed by atoms with Gasteiger partial charge in [0.15, 0.2) is 0 Å². The van der Waals surface area contributed by atoms with Crippen LogP contribution in [0, 0.1) is 29.1 Å². The molecule has 266 valence electrons. The van der Waals surface area contributed by atoms with Crippen LogP contribution in [0.2, 0.25) is 0 Å². The van der Waals surface area contributed by atoms with Gasteiger partial charge in [0.25, 0.3) is 0 Å². The van der Waals surface area contributed by atoms with Crippen LogP contribution in [0.1, 0.15) is 182 Å². The normalized spacial score (nSPS) is 12.9. The van der Waals surface area contributed by atoms with Crippen molar-refractivity contribution in [3.63, 3.8) is 0 Å². The number of hydrogen-bond donors (Lipinski definition) is 0.